The summed E-state index contributed by atoms with van der Waals surface area (Å²) in [5, 5.41) is 9.16. The van der Waals surface area contributed by atoms with E-state index in [1.807, 2.05) is 24.3 Å². The van der Waals surface area contributed by atoms with Crippen molar-refractivity contribution < 1.29 is 4.42 Å². The van der Waals surface area contributed by atoms with Gasteiger partial charge in [-0.25, -0.2) is 0 Å². The van der Waals surface area contributed by atoms with E-state index in [9.17, 15) is 0 Å². The molecule has 7 aromatic rings. The van der Waals surface area contributed by atoms with Crippen LogP contribution in [0.15, 0.2) is 162 Å². The number of hydrogen-bond donors (Lipinski definition) is 0. The lowest BCUT2D eigenvalue weighted by atomic mass is 10.1. The molecule has 1 heterocycles. The van der Waals surface area contributed by atoms with E-state index in [0.717, 1.165) is 32.5 Å². The predicted octanol–water partition coefficient (Wildman–Crippen LogP) is 7.10. The van der Waals surface area contributed by atoms with E-state index >= 15 is 0 Å². The second-order valence-corrected chi connectivity index (χ2v) is 18.8. The van der Waals surface area contributed by atoms with Crippen molar-refractivity contribution >= 4 is 89.5 Å². The van der Waals surface area contributed by atoms with Crippen LogP contribution in [-0.2, 0) is 23.6 Å². The standard InChI is InChI=1S/C36H26OP2S2/c40-38(27-13-5-1-6-14-27,28-15-7-2-8-16-28)31-21-23-35-33(25-31)34-26-32(22-24-36(34)37-35)39(41,29-17-9-3-10-18-29)30-19-11-4-12-20-30/h1-26H. The van der Waals surface area contributed by atoms with Gasteiger partial charge in [-0.1, -0.05) is 145 Å². The van der Waals surface area contributed by atoms with Crippen molar-refractivity contribution in [3.8, 4) is 0 Å². The Morgan fingerprint density at radius 2 is 0.634 bits per heavy atom. The molecule has 0 unspecified atom stereocenters. The van der Waals surface area contributed by atoms with E-state index in [2.05, 4.69) is 133 Å². The molecule has 0 amide bonds. The summed E-state index contributed by atoms with van der Waals surface area (Å²) < 4.78 is 6.37. The van der Waals surface area contributed by atoms with Crippen LogP contribution in [0.25, 0.3) is 21.9 Å². The molecule has 0 aliphatic carbocycles. The Morgan fingerprint density at radius 1 is 0.341 bits per heavy atom. The zero-order chi connectivity index (χ0) is 27.9. The predicted molar refractivity (Wildman–Crippen MR) is 186 cm³/mol. The first kappa shape index (κ1) is 26.3. The summed E-state index contributed by atoms with van der Waals surface area (Å²) in [6.07, 6.45) is 0. The molecule has 0 bridgehead atoms. The Hall–Kier alpha value is -3.58. The van der Waals surface area contributed by atoms with Crippen molar-refractivity contribution in [3.05, 3.63) is 158 Å². The van der Waals surface area contributed by atoms with Crippen molar-refractivity contribution in [1.82, 2.24) is 0 Å². The molecule has 0 fully saturated rings. The minimum atomic E-state index is -2.30. The van der Waals surface area contributed by atoms with Gasteiger partial charge in [0, 0.05) is 22.8 Å². The number of benzene rings is 6. The quantitative estimate of drug-likeness (QED) is 0.189. The first-order chi connectivity index (χ1) is 20.1. The van der Waals surface area contributed by atoms with Crippen molar-refractivity contribution in [1.29, 1.82) is 0 Å². The zero-order valence-corrected chi connectivity index (χ0v) is 25.6. The number of furan rings is 1. The first-order valence-electron chi connectivity index (χ1n) is 13.5. The molecule has 0 radical (unpaired) electrons. The molecular formula is C36H26OP2S2. The number of hydrogen-bond acceptors (Lipinski definition) is 3. The summed E-state index contributed by atoms with van der Waals surface area (Å²) >= 11 is 13.3. The largest absolute Gasteiger partial charge is 0.456 e. The Kier molecular flexibility index (Phi) is 6.86. The topological polar surface area (TPSA) is 13.1 Å². The lowest BCUT2D eigenvalue weighted by Crippen LogP contribution is -2.25. The highest BCUT2D eigenvalue weighted by atomic mass is 32.4. The molecule has 0 aliphatic rings. The highest BCUT2D eigenvalue weighted by Crippen LogP contribution is 2.46. The zero-order valence-electron chi connectivity index (χ0n) is 22.1. The van der Waals surface area contributed by atoms with Gasteiger partial charge < -0.3 is 4.42 Å². The van der Waals surface area contributed by atoms with E-state index < -0.39 is 12.1 Å². The highest BCUT2D eigenvalue weighted by Gasteiger charge is 2.27. The molecule has 1 nitrogen and oxygen atoms in total. The van der Waals surface area contributed by atoms with Crippen molar-refractivity contribution in [2.45, 2.75) is 0 Å². The van der Waals surface area contributed by atoms with Gasteiger partial charge in [0.1, 0.15) is 11.2 Å². The smallest absolute Gasteiger partial charge is 0.135 e. The van der Waals surface area contributed by atoms with Crippen LogP contribution in [0, 0.1) is 0 Å². The van der Waals surface area contributed by atoms with E-state index in [1.165, 1.54) is 21.2 Å². The van der Waals surface area contributed by atoms with Gasteiger partial charge in [0.2, 0.25) is 0 Å². The Bertz CT molecular complexity index is 1850. The molecular weight excluding hydrogens is 574 g/mol. The molecule has 0 saturated heterocycles. The SMILES string of the molecule is S=P(c1ccccc1)(c1ccccc1)c1ccc2oc3ccc(P(=S)(c4ccccc4)c4ccccc4)cc3c2c1. The summed E-state index contributed by atoms with van der Waals surface area (Å²) in [7, 11) is 0. The minimum Gasteiger partial charge on any atom is -0.456 e. The van der Waals surface area contributed by atoms with Crippen LogP contribution in [0.4, 0.5) is 0 Å². The maximum absolute atomic E-state index is 6.64. The lowest BCUT2D eigenvalue weighted by Gasteiger charge is -2.24. The summed E-state index contributed by atoms with van der Waals surface area (Å²) in [4.78, 5) is 0. The van der Waals surface area contributed by atoms with Crippen LogP contribution in [0.1, 0.15) is 0 Å². The maximum Gasteiger partial charge on any atom is 0.135 e. The molecule has 198 valence electrons. The Morgan fingerprint density at radius 3 is 0.927 bits per heavy atom. The fourth-order valence-electron chi connectivity index (χ4n) is 5.59. The fourth-order valence-corrected chi connectivity index (χ4v) is 13.1. The van der Waals surface area contributed by atoms with Gasteiger partial charge in [-0.3, -0.25) is 0 Å². The number of rotatable bonds is 6. The van der Waals surface area contributed by atoms with Gasteiger partial charge in [0.15, 0.2) is 0 Å². The van der Waals surface area contributed by atoms with Gasteiger partial charge >= 0.3 is 0 Å². The van der Waals surface area contributed by atoms with Gasteiger partial charge in [-0.15, -0.1) is 0 Å². The van der Waals surface area contributed by atoms with Crippen molar-refractivity contribution in [2.24, 2.45) is 0 Å². The third-order valence-corrected chi connectivity index (χ3v) is 17.5. The van der Waals surface area contributed by atoms with E-state index in [4.69, 9.17) is 28.0 Å². The monoisotopic (exact) mass is 600 g/mol. The van der Waals surface area contributed by atoms with Gasteiger partial charge in [-0.05, 0) is 68.2 Å². The summed E-state index contributed by atoms with van der Waals surface area (Å²) in [5.74, 6) is 0. The molecule has 0 saturated carbocycles. The molecule has 5 heteroatoms. The number of fused-ring (bicyclic) bond motifs is 3. The van der Waals surface area contributed by atoms with E-state index in [1.54, 1.807) is 0 Å². The molecule has 6 aromatic carbocycles. The van der Waals surface area contributed by atoms with Crippen LogP contribution >= 0.6 is 12.1 Å². The molecule has 0 atom stereocenters. The molecule has 0 N–H and O–H groups in total. The van der Waals surface area contributed by atoms with Gasteiger partial charge in [0.05, 0.1) is 0 Å². The summed E-state index contributed by atoms with van der Waals surface area (Å²) in [5.41, 5.74) is 1.72. The third-order valence-electron chi connectivity index (χ3n) is 7.64. The average molecular weight is 601 g/mol. The Balaban J connectivity index is 1.47. The fraction of sp³-hybridized carbons (Fsp3) is 0. The van der Waals surface area contributed by atoms with Gasteiger partial charge in [0.25, 0.3) is 0 Å². The van der Waals surface area contributed by atoms with Crippen molar-refractivity contribution in [2.75, 3.05) is 0 Å². The molecule has 0 spiro atoms. The third kappa shape index (κ3) is 4.45. The van der Waals surface area contributed by atoms with E-state index in [-0.39, 0.29) is 0 Å². The lowest BCUT2D eigenvalue weighted by molar-refractivity contribution is 0.669. The second kappa shape index (κ2) is 10.7. The molecule has 41 heavy (non-hydrogen) atoms. The minimum absolute atomic E-state index is 0.858. The first-order valence-corrected chi connectivity index (χ1v) is 19.1. The average Bonchev–Trinajstić information content (AvgIpc) is 3.43. The van der Waals surface area contributed by atoms with Gasteiger partial charge in [-0.2, -0.15) is 0 Å². The van der Waals surface area contributed by atoms with Crippen LogP contribution in [0.3, 0.4) is 0 Å². The van der Waals surface area contributed by atoms with Crippen LogP contribution in [-0.4, -0.2) is 0 Å². The summed E-state index contributed by atoms with van der Waals surface area (Å²) in [6.45, 7) is 0. The highest BCUT2D eigenvalue weighted by molar-refractivity contribution is 8.26. The Labute approximate surface area is 250 Å². The van der Waals surface area contributed by atoms with E-state index in [0.29, 0.717) is 0 Å². The molecule has 1 aromatic heterocycles. The summed E-state index contributed by atoms with van der Waals surface area (Å²) in [6, 6.07) is 50.6. The normalized spacial score (nSPS) is 12.1. The van der Waals surface area contributed by atoms with Crippen LogP contribution < -0.4 is 31.8 Å². The van der Waals surface area contributed by atoms with Crippen LogP contribution in [0.2, 0.25) is 0 Å². The molecule has 7 rings (SSSR count). The second-order valence-electron chi connectivity index (χ2n) is 10.0. The van der Waals surface area contributed by atoms with Crippen molar-refractivity contribution in [3.63, 3.8) is 0 Å². The van der Waals surface area contributed by atoms with Crippen LogP contribution in [0.5, 0.6) is 0 Å². The maximum atomic E-state index is 6.64. The molecule has 0 aliphatic heterocycles.